The Kier molecular flexibility index (Phi) is 5.81. The Hall–Kier alpha value is -2.54. The first-order chi connectivity index (χ1) is 13.7. The lowest BCUT2D eigenvalue weighted by molar-refractivity contribution is 0.0724. The molecule has 146 valence electrons. The molecule has 1 aliphatic heterocycles. The third-order valence-electron chi connectivity index (χ3n) is 5.02. The van der Waals surface area contributed by atoms with E-state index in [2.05, 4.69) is 11.2 Å². The van der Waals surface area contributed by atoms with Crippen LogP contribution in [0, 0.1) is 0 Å². The summed E-state index contributed by atoms with van der Waals surface area (Å²) >= 11 is 1.74. The lowest BCUT2D eigenvalue weighted by Crippen LogP contribution is -2.35. The molecule has 0 N–H and O–H groups in total. The van der Waals surface area contributed by atoms with Crippen LogP contribution in [0.1, 0.15) is 35.2 Å². The second-order valence-electron chi connectivity index (χ2n) is 7.04. The molecule has 3 aromatic rings. The number of carbonyl (C=O) groups is 1. The van der Waals surface area contributed by atoms with Crippen LogP contribution in [0.15, 0.2) is 53.5 Å². The maximum Gasteiger partial charge on any atom is 0.350 e. The standard InChI is InChI=1S/C21H24N4O2S/c26-20(23-10-3-1-4-11-23)18-8-6-7-17(15-18)16-28-14-13-25-21(27)24-12-5-2-9-19(24)22-25/h2,5-9,12,15H,1,3-4,10-11,13-14,16H2. The molecule has 28 heavy (non-hydrogen) atoms. The molecule has 0 atom stereocenters. The molecular weight excluding hydrogens is 372 g/mol. The van der Waals surface area contributed by atoms with E-state index < -0.39 is 0 Å². The van der Waals surface area contributed by atoms with Gasteiger partial charge in [-0.1, -0.05) is 18.2 Å². The summed E-state index contributed by atoms with van der Waals surface area (Å²) in [5, 5.41) is 4.35. The number of aromatic nitrogens is 3. The van der Waals surface area contributed by atoms with Crippen LogP contribution in [0.5, 0.6) is 0 Å². The summed E-state index contributed by atoms with van der Waals surface area (Å²) in [6.07, 6.45) is 5.16. The highest BCUT2D eigenvalue weighted by molar-refractivity contribution is 7.98. The Morgan fingerprint density at radius 3 is 2.75 bits per heavy atom. The second-order valence-corrected chi connectivity index (χ2v) is 8.15. The number of piperidine rings is 1. The molecule has 1 aliphatic rings. The summed E-state index contributed by atoms with van der Waals surface area (Å²) in [5.41, 5.74) is 2.47. The third kappa shape index (κ3) is 4.14. The number of amides is 1. The molecule has 6 nitrogen and oxygen atoms in total. The first kappa shape index (κ1) is 18.8. The lowest BCUT2D eigenvalue weighted by atomic mass is 10.1. The monoisotopic (exact) mass is 396 g/mol. The van der Waals surface area contributed by atoms with Gasteiger partial charge in [-0.25, -0.2) is 9.48 Å². The van der Waals surface area contributed by atoms with Crippen molar-refractivity contribution in [2.75, 3.05) is 18.8 Å². The van der Waals surface area contributed by atoms with Crippen LogP contribution in [0.2, 0.25) is 0 Å². The number of thioether (sulfide) groups is 1. The van der Waals surface area contributed by atoms with Gasteiger partial charge < -0.3 is 4.90 Å². The van der Waals surface area contributed by atoms with E-state index in [-0.39, 0.29) is 11.6 Å². The van der Waals surface area contributed by atoms with E-state index in [1.165, 1.54) is 11.1 Å². The number of pyridine rings is 1. The normalized spacial score (nSPS) is 14.5. The van der Waals surface area contributed by atoms with Crippen molar-refractivity contribution in [3.05, 3.63) is 70.3 Å². The summed E-state index contributed by atoms with van der Waals surface area (Å²) in [5.74, 6) is 1.74. The number of hydrogen-bond acceptors (Lipinski definition) is 4. The van der Waals surface area contributed by atoms with Crippen molar-refractivity contribution in [2.45, 2.75) is 31.6 Å². The first-order valence-corrected chi connectivity index (χ1v) is 10.9. The Balaban J connectivity index is 1.33. The van der Waals surface area contributed by atoms with Gasteiger partial charge in [0.2, 0.25) is 0 Å². The van der Waals surface area contributed by atoms with Crippen molar-refractivity contribution in [2.24, 2.45) is 0 Å². The summed E-state index contributed by atoms with van der Waals surface area (Å²) in [6, 6.07) is 13.4. The summed E-state index contributed by atoms with van der Waals surface area (Å²) in [6.45, 7) is 2.30. The summed E-state index contributed by atoms with van der Waals surface area (Å²) in [7, 11) is 0. The molecule has 2 aromatic heterocycles. The fourth-order valence-corrected chi connectivity index (χ4v) is 4.39. The Labute approximate surface area is 168 Å². The van der Waals surface area contributed by atoms with Gasteiger partial charge in [0.25, 0.3) is 5.91 Å². The van der Waals surface area contributed by atoms with Crippen LogP contribution < -0.4 is 5.69 Å². The minimum atomic E-state index is -0.106. The number of aryl methyl sites for hydroxylation is 1. The predicted molar refractivity (Wildman–Crippen MR) is 112 cm³/mol. The van der Waals surface area contributed by atoms with Crippen molar-refractivity contribution in [3.63, 3.8) is 0 Å². The van der Waals surface area contributed by atoms with Crippen LogP contribution >= 0.6 is 11.8 Å². The molecule has 1 aromatic carbocycles. The van der Waals surface area contributed by atoms with Gasteiger partial charge in [-0.2, -0.15) is 11.8 Å². The zero-order valence-corrected chi connectivity index (χ0v) is 16.6. The number of fused-ring (bicyclic) bond motifs is 1. The molecule has 3 heterocycles. The van der Waals surface area contributed by atoms with Gasteiger partial charge in [0.05, 0.1) is 6.54 Å². The zero-order valence-electron chi connectivity index (χ0n) is 15.8. The van der Waals surface area contributed by atoms with Crippen LogP contribution in [0.25, 0.3) is 5.65 Å². The minimum absolute atomic E-state index is 0.106. The number of hydrogen-bond donors (Lipinski definition) is 0. The number of carbonyl (C=O) groups excluding carboxylic acids is 1. The molecule has 0 aliphatic carbocycles. The van der Waals surface area contributed by atoms with Gasteiger partial charge in [-0.15, -0.1) is 5.10 Å². The largest absolute Gasteiger partial charge is 0.350 e. The quantitative estimate of drug-likeness (QED) is 0.601. The van der Waals surface area contributed by atoms with Gasteiger partial charge in [0, 0.05) is 36.4 Å². The fraction of sp³-hybridized carbons (Fsp3) is 0.381. The van der Waals surface area contributed by atoms with Crippen LogP contribution in [-0.4, -0.2) is 43.8 Å². The topological polar surface area (TPSA) is 59.6 Å². The molecule has 1 amide bonds. The van der Waals surface area contributed by atoms with Crippen molar-refractivity contribution in [3.8, 4) is 0 Å². The number of nitrogens with zero attached hydrogens (tertiary/aromatic N) is 4. The van der Waals surface area contributed by atoms with E-state index in [0.717, 1.165) is 48.6 Å². The van der Waals surface area contributed by atoms with Crippen molar-refractivity contribution in [1.82, 2.24) is 19.1 Å². The Morgan fingerprint density at radius 2 is 1.93 bits per heavy atom. The Morgan fingerprint density at radius 1 is 1.07 bits per heavy atom. The highest BCUT2D eigenvalue weighted by Crippen LogP contribution is 2.17. The SMILES string of the molecule is O=C(c1cccc(CSCCn2nc3ccccn3c2=O)c1)N1CCCCC1. The average Bonchev–Trinajstić information content (AvgIpc) is 3.07. The predicted octanol–water partition coefficient (Wildman–Crippen LogP) is 3.06. The molecule has 0 bridgehead atoms. The van der Waals surface area contributed by atoms with Gasteiger partial charge >= 0.3 is 5.69 Å². The van der Waals surface area contributed by atoms with Crippen molar-refractivity contribution in [1.29, 1.82) is 0 Å². The van der Waals surface area contributed by atoms with Crippen LogP contribution in [-0.2, 0) is 12.3 Å². The van der Waals surface area contributed by atoms with E-state index in [0.29, 0.717) is 12.2 Å². The molecule has 4 rings (SSSR count). The zero-order chi connectivity index (χ0) is 19.3. The van der Waals surface area contributed by atoms with Gasteiger partial charge in [0.15, 0.2) is 5.65 Å². The average molecular weight is 397 g/mol. The molecule has 1 saturated heterocycles. The highest BCUT2D eigenvalue weighted by atomic mass is 32.2. The summed E-state index contributed by atoms with van der Waals surface area (Å²) in [4.78, 5) is 26.9. The number of benzene rings is 1. The van der Waals surface area contributed by atoms with Gasteiger partial charge in [-0.3, -0.25) is 9.20 Å². The second kappa shape index (κ2) is 8.65. The van der Waals surface area contributed by atoms with E-state index >= 15 is 0 Å². The molecule has 0 radical (unpaired) electrons. The summed E-state index contributed by atoms with van der Waals surface area (Å²) < 4.78 is 3.07. The number of likely N-dealkylation sites (tertiary alicyclic amines) is 1. The first-order valence-electron chi connectivity index (χ1n) is 9.72. The molecule has 1 fully saturated rings. The minimum Gasteiger partial charge on any atom is -0.339 e. The maximum absolute atomic E-state index is 12.7. The van der Waals surface area contributed by atoms with E-state index in [4.69, 9.17) is 0 Å². The smallest absolute Gasteiger partial charge is 0.339 e. The van der Waals surface area contributed by atoms with E-state index in [9.17, 15) is 9.59 Å². The Bertz CT molecular complexity index is 1020. The van der Waals surface area contributed by atoms with Crippen LogP contribution in [0.4, 0.5) is 0 Å². The molecule has 7 heteroatoms. The lowest BCUT2D eigenvalue weighted by Gasteiger charge is -2.26. The van der Waals surface area contributed by atoms with Crippen molar-refractivity contribution >= 4 is 23.3 Å². The highest BCUT2D eigenvalue weighted by Gasteiger charge is 2.18. The van der Waals surface area contributed by atoms with E-state index in [1.807, 2.05) is 41.3 Å². The van der Waals surface area contributed by atoms with Crippen molar-refractivity contribution < 1.29 is 4.79 Å². The van der Waals surface area contributed by atoms with E-state index in [1.54, 1.807) is 22.4 Å². The maximum atomic E-state index is 12.7. The van der Waals surface area contributed by atoms with Crippen LogP contribution in [0.3, 0.4) is 0 Å². The molecule has 0 unspecified atom stereocenters. The van der Waals surface area contributed by atoms with Gasteiger partial charge in [-0.05, 0) is 49.1 Å². The third-order valence-corrected chi connectivity index (χ3v) is 6.03. The molecule has 0 saturated carbocycles. The molecule has 0 spiro atoms. The molecular formula is C21H24N4O2S. The van der Waals surface area contributed by atoms with Gasteiger partial charge in [0.1, 0.15) is 0 Å². The fourth-order valence-electron chi connectivity index (χ4n) is 3.53. The number of rotatable bonds is 6.